The second-order valence-corrected chi connectivity index (χ2v) is 5.16. The molecule has 2 aliphatic rings. The van der Waals surface area contributed by atoms with Gasteiger partial charge in [-0.1, -0.05) is 13.8 Å². The fraction of sp³-hybridized carbons (Fsp3) is 0.600. The lowest BCUT2D eigenvalue weighted by molar-refractivity contribution is -0.0480. The molecular weight excluding hydrogens is 270 g/mol. The van der Waals surface area contributed by atoms with Crippen molar-refractivity contribution in [1.29, 1.82) is 0 Å². The molecule has 1 saturated heterocycles. The van der Waals surface area contributed by atoms with Gasteiger partial charge in [-0.15, -0.1) is 0 Å². The molecule has 6 nitrogen and oxygen atoms in total. The van der Waals surface area contributed by atoms with Gasteiger partial charge in [0.15, 0.2) is 0 Å². The number of hydroxylamine groups is 1. The van der Waals surface area contributed by atoms with Crippen LogP contribution in [-0.4, -0.2) is 47.3 Å². The molecule has 3 heterocycles. The Bertz CT molecular complexity index is 489. The highest BCUT2D eigenvalue weighted by Gasteiger charge is 2.25. The van der Waals surface area contributed by atoms with Crippen LogP contribution in [0.3, 0.4) is 0 Å². The van der Waals surface area contributed by atoms with Crippen LogP contribution in [0.4, 0.5) is 0 Å². The number of carbonyl (C=O) groups excluding carboxylic acids is 1. The number of hydrogen-bond donors (Lipinski definition) is 2. The van der Waals surface area contributed by atoms with E-state index in [4.69, 9.17) is 9.94 Å². The Kier molecular flexibility index (Phi) is 5.67. The van der Waals surface area contributed by atoms with Crippen LogP contribution in [0.1, 0.15) is 35.5 Å². The number of ether oxygens (including phenoxy) is 1. The lowest BCUT2D eigenvalue weighted by Gasteiger charge is -2.34. The summed E-state index contributed by atoms with van der Waals surface area (Å²) in [7, 11) is 0. The predicted octanol–water partition coefficient (Wildman–Crippen LogP) is 1.23. The summed E-state index contributed by atoms with van der Waals surface area (Å²) in [5, 5.41) is 8.65. The van der Waals surface area contributed by atoms with Gasteiger partial charge < -0.3 is 4.74 Å². The fourth-order valence-electron chi connectivity index (χ4n) is 2.58. The molecule has 2 aliphatic heterocycles. The minimum absolute atomic E-state index is 0.398. The zero-order chi connectivity index (χ0) is 15.2. The van der Waals surface area contributed by atoms with Gasteiger partial charge in [-0.2, -0.15) is 0 Å². The SMILES string of the molecule is CC.O=C(NO)c1cnc2c(c1)CN(CC1COC1)CC2. The molecule has 1 amide bonds. The van der Waals surface area contributed by atoms with Crippen LogP contribution in [0, 0.1) is 5.92 Å². The number of nitrogens with one attached hydrogen (secondary N) is 1. The summed E-state index contributed by atoms with van der Waals surface area (Å²) in [6, 6.07) is 1.82. The first kappa shape index (κ1) is 15.9. The molecule has 0 bridgehead atoms. The molecule has 0 aliphatic carbocycles. The molecule has 0 aromatic carbocycles. The molecule has 1 aromatic rings. The molecule has 116 valence electrons. The fourth-order valence-corrected chi connectivity index (χ4v) is 2.58. The number of amides is 1. The third kappa shape index (κ3) is 3.78. The average Bonchev–Trinajstić information content (AvgIpc) is 2.51. The van der Waals surface area contributed by atoms with Gasteiger partial charge in [0.2, 0.25) is 0 Å². The van der Waals surface area contributed by atoms with E-state index in [0.717, 1.165) is 50.5 Å². The molecule has 0 radical (unpaired) electrons. The quantitative estimate of drug-likeness (QED) is 0.647. The molecule has 1 aromatic heterocycles. The number of hydrogen-bond acceptors (Lipinski definition) is 5. The lowest BCUT2D eigenvalue weighted by Crippen LogP contribution is -2.41. The molecule has 2 N–H and O–H groups in total. The van der Waals surface area contributed by atoms with Gasteiger partial charge in [0.1, 0.15) is 0 Å². The topological polar surface area (TPSA) is 74.7 Å². The van der Waals surface area contributed by atoms with Crippen molar-refractivity contribution in [3.63, 3.8) is 0 Å². The van der Waals surface area contributed by atoms with E-state index in [9.17, 15) is 4.79 Å². The van der Waals surface area contributed by atoms with Crippen molar-refractivity contribution in [2.45, 2.75) is 26.8 Å². The Balaban J connectivity index is 0.000000774. The largest absolute Gasteiger partial charge is 0.381 e. The standard InChI is InChI=1S/C13H17N3O3.C2H6/c17-13(15-18)10-3-11-6-16(5-9-7-19-8-9)2-1-12(11)14-4-10;1-2/h3-4,9,18H,1-2,5-8H2,(H,15,17);1-2H3. The van der Waals surface area contributed by atoms with Crippen molar-refractivity contribution < 1.29 is 14.7 Å². The Morgan fingerprint density at radius 3 is 2.90 bits per heavy atom. The summed E-state index contributed by atoms with van der Waals surface area (Å²) in [6.07, 6.45) is 2.42. The first-order valence-corrected chi connectivity index (χ1v) is 7.48. The van der Waals surface area contributed by atoms with Gasteiger partial charge in [0, 0.05) is 43.9 Å². The lowest BCUT2D eigenvalue weighted by atomic mass is 10.0. The molecule has 0 atom stereocenters. The second-order valence-electron chi connectivity index (χ2n) is 5.16. The van der Waals surface area contributed by atoms with E-state index in [-0.39, 0.29) is 0 Å². The van der Waals surface area contributed by atoms with E-state index in [2.05, 4.69) is 9.88 Å². The van der Waals surface area contributed by atoms with Crippen molar-refractivity contribution in [2.24, 2.45) is 5.92 Å². The Morgan fingerprint density at radius 2 is 2.29 bits per heavy atom. The zero-order valence-electron chi connectivity index (χ0n) is 12.6. The summed E-state index contributed by atoms with van der Waals surface area (Å²) in [5.41, 5.74) is 4.17. The van der Waals surface area contributed by atoms with Crippen molar-refractivity contribution in [2.75, 3.05) is 26.3 Å². The van der Waals surface area contributed by atoms with E-state index in [1.165, 1.54) is 6.20 Å². The number of fused-ring (bicyclic) bond motifs is 1. The maximum atomic E-state index is 11.4. The van der Waals surface area contributed by atoms with Crippen molar-refractivity contribution >= 4 is 5.91 Å². The molecule has 6 heteroatoms. The van der Waals surface area contributed by atoms with Gasteiger partial charge in [0.25, 0.3) is 5.91 Å². The Hall–Kier alpha value is -1.50. The number of pyridine rings is 1. The van der Waals surface area contributed by atoms with Crippen molar-refractivity contribution in [3.05, 3.63) is 29.1 Å². The summed E-state index contributed by atoms with van der Waals surface area (Å²) in [6.45, 7) is 8.56. The highest BCUT2D eigenvalue weighted by Crippen LogP contribution is 2.21. The smallest absolute Gasteiger partial charge is 0.276 e. The number of carbonyl (C=O) groups is 1. The highest BCUT2D eigenvalue weighted by molar-refractivity contribution is 5.93. The van der Waals surface area contributed by atoms with E-state index < -0.39 is 5.91 Å². The number of nitrogens with zero attached hydrogens (tertiary/aromatic N) is 2. The number of rotatable bonds is 3. The number of aromatic nitrogens is 1. The minimum Gasteiger partial charge on any atom is -0.381 e. The second kappa shape index (κ2) is 7.49. The van der Waals surface area contributed by atoms with Crippen LogP contribution in [0.5, 0.6) is 0 Å². The first-order valence-electron chi connectivity index (χ1n) is 7.48. The summed E-state index contributed by atoms with van der Waals surface area (Å²) in [5.74, 6) is 0.123. The minimum atomic E-state index is -0.514. The Morgan fingerprint density at radius 1 is 1.52 bits per heavy atom. The van der Waals surface area contributed by atoms with Crippen LogP contribution in [0.25, 0.3) is 0 Å². The Labute approximate surface area is 125 Å². The van der Waals surface area contributed by atoms with Crippen molar-refractivity contribution in [3.8, 4) is 0 Å². The molecule has 1 fully saturated rings. The van der Waals surface area contributed by atoms with Crippen LogP contribution in [0.15, 0.2) is 12.3 Å². The van der Waals surface area contributed by atoms with Crippen LogP contribution < -0.4 is 5.48 Å². The molecule has 0 saturated carbocycles. The highest BCUT2D eigenvalue weighted by atomic mass is 16.5. The molecule has 0 spiro atoms. The summed E-state index contributed by atoms with van der Waals surface area (Å²) < 4.78 is 5.19. The van der Waals surface area contributed by atoms with Gasteiger partial charge in [-0.25, -0.2) is 5.48 Å². The molecular formula is C15H23N3O3. The van der Waals surface area contributed by atoms with Crippen molar-refractivity contribution in [1.82, 2.24) is 15.4 Å². The van der Waals surface area contributed by atoms with Crippen LogP contribution >= 0.6 is 0 Å². The zero-order valence-corrected chi connectivity index (χ0v) is 12.6. The first-order chi connectivity index (χ1) is 10.3. The van der Waals surface area contributed by atoms with E-state index >= 15 is 0 Å². The third-order valence-corrected chi connectivity index (χ3v) is 3.71. The molecule has 0 unspecified atom stereocenters. The normalized spacial score (nSPS) is 18.0. The molecule has 3 rings (SSSR count). The van der Waals surface area contributed by atoms with Crippen LogP contribution in [0.2, 0.25) is 0 Å². The van der Waals surface area contributed by atoms with E-state index in [0.29, 0.717) is 11.5 Å². The monoisotopic (exact) mass is 293 g/mol. The summed E-state index contributed by atoms with van der Waals surface area (Å²) >= 11 is 0. The van der Waals surface area contributed by atoms with Gasteiger partial charge in [0.05, 0.1) is 18.8 Å². The van der Waals surface area contributed by atoms with Gasteiger partial charge in [-0.3, -0.25) is 19.9 Å². The van der Waals surface area contributed by atoms with Gasteiger partial charge >= 0.3 is 0 Å². The third-order valence-electron chi connectivity index (χ3n) is 3.71. The maximum absolute atomic E-state index is 11.4. The van der Waals surface area contributed by atoms with E-state index in [1.807, 2.05) is 19.9 Å². The van der Waals surface area contributed by atoms with Crippen LogP contribution in [-0.2, 0) is 17.7 Å². The predicted molar refractivity (Wildman–Crippen MR) is 78.1 cm³/mol. The molecule has 21 heavy (non-hydrogen) atoms. The van der Waals surface area contributed by atoms with Gasteiger partial charge in [-0.05, 0) is 11.6 Å². The summed E-state index contributed by atoms with van der Waals surface area (Å²) in [4.78, 5) is 18.1. The maximum Gasteiger partial charge on any atom is 0.276 e. The van der Waals surface area contributed by atoms with E-state index in [1.54, 1.807) is 5.48 Å². The average molecular weight is 293 g/mol.